The molecule has 26 heavy (non-hydrogen) atoms. The van der Waals surface area contributed by atoms with Crippen LogP contribution in [0.4, 0.5) is 17.6 Å². The summed E-state index contributed by atoms with van der Waals surface area (Å²) < 4.78 is 54.4. The van der Waals surface area contributed by atoms with Crippen LogP contribution >= 0.6 is 0 Å². The van der Waals surface area contributed by atoms with Crippen LogP contribution in [0.2, 0.25) is 0 Å². The van der Waals surface area contributed by atoms with E-state index in [4.69, 9.17) is 0 Å². The van der Waals surface area contributed by atoms with Gasteiger partial charge in [-0.05, 0) is 24.3 Å². The van der Waals surface area contributed by atoms with Crippen LogP contribution < -0.4 is 0 Å². The molecular formula is C18H8F4N2O2. The molecule has 4 rings (SSSR count). The summed E-state index contributed by atoms with van der Waals surface area (Å²) in [5, 5.41) is 10.2. The van der Waals surface area contributed by atoms with E-state index in [0.29, 0.717) is 12.1 Å². The zero-order valence-electron chi connectivity index (χ0n) is 12.8. The lowest BCUT2D eigenvalue weighted by Gasteiger charge is -2.03. The van der Waals surface area contributed by atoms with E-state index in [2.05, 4.69) is 9.98 Å². The number of hydrogen-bond donors (Lipinski definition) is 2. The molecule has 2 heterocycles. The third kappa shape index (κ3) is 2.30. The van der Waals surface area contributed by atoms with Gasteiger partial charge in [-0.25, -0.2) is 22.6 Å². The first-order valence-electron chi connectivity index (χ1n) is 7.36. The van der Waals surface area contributed by atoms with Crippen molar-refractivity contribution in [1.82, 2.24) is 4.98 Å². The average Bonchev–Trinajstić information content (AvgIpc) is 3.07. The molecule has 1 amide bonds. The van der Waals surface area contributed by atoms with E-state index >= 15 is 0 Å². The Balaban J connectivity index is 1.92. The van der Waals surface area contributed by atoms with E-state index in [9.17, 15) is 27.5 Å². The van der Waals surface area contributed by atoms with Crippen molar-refractivity contribution in [3.63, 3.8) is 0 Å². The summed E-state index contributed by atoms with van der Waals surface area (Å²) in [6.07, 6.45) is 0. The highest BCUT2D eigenvalue weighted by atomic mass is 19.1. The van der Waals surface area contributed by atoms with Gasteiger partial charge >= 0.3 is 0 Å². The molecule has 0 aliphatic carbocycles. The number of rotatable bonds is 2. The van der Waals surface area contributed by atoms with Gasteiger partial charge in [-0.3, -0.25) is 4.79 Å². The number of nitrogens with one attached hydrogen (secondary N) is 1. The van der Waals surface area contributed by atoms with Crippen molar-refractivity contribution < 1.29 is 27.5 Å². The van der Waals surface area contributed by atoms with Gasteiger partial charge in [0.2, 0.25) is 0 Å². The quantitative estimate of drug-likeness (QED) is 0.680. The van der Waals surface area contributed by atoms with Crippen LogP contribution in [0.15, 0.2) is 41.4 Å². The fourth-order valence-electron chi connectivity index (χ4n) is 2.92. The predicted molar refractivity (Wildman–Crippen MR) is 84.1 cm³/mol. The average molecular weight is 360 g/mol. The lowest BCUT2D eigenvalue weighted by atomic mass is 9.99. The van der Waals surface area contributed by atoms with Crippen molar-refractivity contribution in [2.45, 2.75) is 0 Å². The van der Waals surface area contributed by atoms with Crippen LogP contribution in [0.3, 0.4) is 0 Å². The van der Waals surface area contributed by atoms with Gasteiger partial charge in [0.1, 0.15) is 23.3 Å². The molecule has 0 radical (unpaired) electrons. The van der Waals surface area contributed by atoms with Gasteiger partial charge in [-0.15, -0.1) is 0 Å². The number of aromatic amines is 1. The van der Waals surface area contributed by atoms with Crippen LogP contribution in [0.25, 0.3) is 11.3 Å². The monoisotopic (exact) mass is 360 g/mol. The molecule has 2 N–H and O–H groups in total. The first-order chi connectivity index (χ1) is 12.4. The number of carbonyl (C=O) groups is 1. The summed E-state index contributed by atoms with van der Waals surface area (Å²) in [5.41, 5.74) is -0.969. The molecule has 3 aromatic rings. The number of halogens is 4. The second-order valence-corrected chi connectivity index (χ2v) is 5.61. The summed E-state index contributed by atoms with van der Waals surface area (Å²) >= 11 is 0. The minimum atomic E-state index is -0.973. The van der Waals surface area contributed by atoms with Crippen LogP contribution in [0.1, 0.15) is 21.5 Å². The second-order valence-electron chi connectivity index (χ2n) is 5.61. The maximum atomic E-state index is 14.1. The fraction of sp³-hybridized carbons (Fsp3) is 0. The minimum Gasteiger partial charge on any atom is -0.494 e. The van der Waals surface area contributed by atoms with Crippen molar-refractivity contribution in [3.05, 3.63) is 76.4 Å². The molecule has 130 valence electrons. The highest BCUT2D eigenvalue weighted by Gasteiger charge is 2.35. The largest absolute Gasteiger partial charge is 0.494 e. The van der Waals surface area contributed by atoms with E-state index in [1.165, 1.54) is 0 Å². The number of benzene rings is 2. The highest BCUT2D eigenvalue weighted by molar-refractivity contribution is 6.30. The van der Waals surface area contributed by atoms with Gasteiger partial charge < -0.3 is 10.1 Å². The second kappa shape index (κ2) is 5.55. The molecular weight excluding hydrogens is 352 g/mol. The number of aromatic nitrogens is 1. The Morgan fingerprint density at radius 2 is 1.42 bits per heavy atom. The number of carbonyl (C=O) groups excluding carboxylic acids is 1. The number of H-pyrrole nitrogens is 1. The van der Waals surface area contributed by atoms with Crippen molar-refractivity contribution in [2.24, 2.45) is 4.99 Å². The topological polar surface area (TPSA) is 65.4 Å². The first kappa shape index (κ1) is 16.1. The molecule has 1 aromatic heterocycles. The number of amides is 1. The number of aromatic hydroxyl groups is 1. The minimum absolute atomic E-state index is 0.110. The standard InChI is InChI=1S/C18H8F4N2O2/c19-7-1-3-9(11(21)5-7)15-13-14(18(26)23-15)16(24-17(13)25)10-4-2-8(20)6-12(10)22/h1-6,23,26H. The van der Waals surface area contributed by atoms with E-state index in [1.807, 2.05) is 0 Å². The van der Waals surface area contributed by atoms with E-state index < -0.39 is 35.1 Å². The summed E-state index contributed by atoms with van der Waals surface area (Å²) in [6, 6.07) is 5.39. The zero-order valence-corrected chi connectivity index (χ0v) is 12.8. The maximum absolute atomic E-state index is 14.1. The molecule has 0 unspecified atom stereocenters. The third-order valence-electron chi connectivity index (χ3n) is 4.03. The molecule has 0 saturated carbocycles. The normalized spacial score (nSPS) is 13.1. The molecule has 4 nitrogen and oxygen atoms in total. The van der Waals surface area contributed by atoms with Gasteiger partial charge in [-0.1, -0.05) is 0 Å². The van der Waals surface area contributed by atoms with Gasteiger partial charge in [0.15, 0.2) is 5.88 Å². The highest BCUT2D eigenvalue weighted by Crippen LogP contribution is 2.39. The molecule has 0 spiro atoms. The lowest BCUT2D eigenvalue weighted by molar-refractivity contribution is 0.101. The number of fused-ring (bicyclic) bond motifs is 1. The molecule has 1 aliphatic rings. The van der Waals surface area contributed by atoms with Crippen molar-refractivity contribution in [1.29, 1.82) is 0 Å². The Morgan fingerprint density at radius 1 is 0.846 bits per heavy atom. The molecule has 0 bridgehead atoms. The van der Waals surface area contributed by atoms with Crippen LogP contribution in [-0.2, 0) is 0 Å². The van der Waals surface area contributed by atoms with Crippen molar-refractivity contribution in [2.75, 3.05) is 0 Å². The van der Waals surface area contributed by atoms with Crippen LogP contribution in [0, 0.1) is 23.3 Å². The van der Waals surface area contributed by atoms with Gasteiger partial charge in [0.05, 0.1) is 22.5 Å². The molecule has 2 aromatic carbocycles. The first-order valence-corrected chi connectivity index (χ1v) is 7.36. The zero-order chi connectivity index (χ0) is 18.6. The smallest absolute Gasteiger partial charge is 0.280 e. The predicted octanol–water partition coefficient (Wildman–Crippen LogP) is 3.93. The van der Waals surface area contributed by atoms with Crippen LogP contribution in [-0.4, -0.2) is 21.7 Å². The number of aliphatic imine (C=N–C) groups is 1. The number of hydrogen-bond acceptors (Lipinski definition) is 2. The molecule has 1 aliphatic heterocycles. The van der Waals surface area contributed by atoms with Gasteiger partial charge in [-0.2, -0.15) is 0 Å². The van der Waals surface area contributed by atoms with E-state index in [0.717, 1.165) is 24.3 Å². The maximum Gasteiger partial charge on any atom is 0.280 e. The van der Waals surface area contributed by atoms with Crippen molar-refractivity contribution in [3.8, 4) is 17.1 Å². The van der Waals surface area contributed by atoms with Crippen molar-refractivity contribution >= 4 is 11.6 Å². The van der Waals surface area contributed by atoms with Crippen LogP contribution in [0.5, 0.6) is 5.88 Å². The third-order valence-corrected chi connectivity index (χ3v) is 4.03. The summed E-state index contributed by atoms with van der Waals surface area (Å²) in [5.74, 6) is -4.93. The molecule has 0 saturated heterocycles. The summed E-state index contributed by atoms with van der Waals surface area (Å²) in [7, 11) is 0. The van der Waals surface area contributed by atoms with Gasteiger partial charge in [0, 0.05) is 23.3 Å². The molecule has 8 heteroatoms. The van der Waals surface area contributed by atoms with Gasteiger partial charge in [0.25, 0.3) is 5.91 Å². The SMILES string of the molecule is O=C1N=C(c2ccc(F)cc2F)c2c(O)[nH]c(-c3ccc(F)cc3F)c21. The Bertz CT molecular complexity index is 1120. The van der Waals surface area contributed by atoms with E-state index in [-0.39, 0.29) is 33.7 Å². The Morgan fingerprint density at radius 3 is 2.00 bits per heavy atom. The molecule has 0 atom stereocenters. The Hall–Kier alpha value is -3.42. The lowest BCUT2D eigenvalue weighted by Crippen LogP contribution is -2.03. The fourth-order valence-corrected chi connectivity index (χ4v) is 2.92. The summed E-state index contributed by atoms with van der Waals surface area (Å²) in [4.78, 5) is 18.5. The summed E-state index contributed by atoms with van der Waals surface area (Å²) in [6.45, 7) is 0. The molecule has 0 fully saturated rings. The Kier molecular flexibility index (Phi) is 3.43. The number of nitrogens with zero attached hydrogens (tertiary/aromatic N) is 1. The van der Waals surface area contributed by atoms with E-state index in [1.54, 1.807) is 0 Å². The Labute approximate surface area is 143 Å².